The summed E-state index contributed by atoms with van der Waals surface area (Å²) < 4.78 is 101. The maximum absolute atomic E-state index is 11.1. The van der Waals surface area contributed by atoms with Gasteiger partial charge in [-0.15, -0.1) is 0 Å². The molecule has 0 aliphatic carbocycles. The normalized spacial score (nSPS) is 15.6. The number of sulfonamides is 4. The first-order chi connectivity index (χ1) is 22.4. The summed E-state index contributed by atoms with van der Waals surface area (Å²) in [6, 6.07) is 24.0. The molecule has 0 spiro atoms. The second-order valence-corrected chi connectivity index (χ2v) is 15.8. The van der Waals surface area contributed by atoms with E-state index < -0.39 is 63.7 Å². The molecule has 0 saturated heterocycles. The molecule has 0 atom stereocenters. The van der Waals surface area contributed by atoms with Crippen LogP contribution in [0, 0.1) is 0 Å². The quantitative estimate of drug-likeness (QED) is 0.148. The molecule has 0 fully saturated rings. The molecule has 0 aromatic heterocycles. The summed E-state index contributed by atoms with van der Waals surface area (Å²) >= 11 is 0. The standard InChI is InChI=1S/4C7H5NO3S.2Ca.7H2O/c4*9-7-5-3-1-2-4-6(5)12(10,11)8-7;;;;;;;;;/h4*1-4H,(H,8,9);;;7*1H2/q;;;;2*+2;;;;;;;/p-4. The van der Waals surface area contributed by atoms with Crippen LogP contribution in [0.5, 0.6) is 0 Å². The molecule has 4 aromatic carbocycles. The topological polar surface area (TPSA) is 499 Å². The van der Waals surface area contributed by atoms with Crippen LogP contribution in [0.25, 0.3) is 0 Å². The molecule has 0 radical (unpaired) electrons. The minimum atomic E-state index is -3.68. The van der Waals surface area contributed by atoms with Crippen LogP contribution < -0.4 is 20.4 Å². The first-order valence-electron chi connectivity index (χ1n) is 12.9. The minimum absolute atomic E-state index is 0. The van der Waals surface area contributed by atoms with Gasteiger partial charge in [-0.3, -0.25) is 0 Å². The predicted molar refractivity (Wildman–Crippen MR) is 197 cm³/mol. The van der Waals surface area contributed by atoms with E-state index in [4.69, 9.17) is 0 Å². The van der Waals surface area contributed by atoms with E-state index in [0.717, 1.165) is 0 Å². The molecule has 0 unspecified atom stereocenters. The molecule has 4 aliphatic rings. The van der Waals surface area contributed by atoms with Gasteiger partial charge in [0.15, 0.2) is 0 Å². The Hall–Kier alpha value is -3.20. The number of hydrogen-bond donors (Lipinski definition) is 0. The van der Waals surface area contributed by atoms with Crippen molar-refractivity contribution in [2.45, 2.75) is 19.6 Å². The van der Waals surface area contributed by atoms with Gasteiger partial charge in [0.25, 0.3) is 40.1 Å². The van der Waals surface area contributed by atoms with Crippen LogP contribution in [0.2, 0.25) is 0 Å². The van der Waals surface area contributed by atoms with Crippen LogP contribution in [0.4, 0.5) is 0 Å². The zero-order valence-corrected chi connectivity index (χ0v) is 36.2. The van der Waals surface area contributed by atoms with E-state index in [9.17, 15) is 54.1 Å². The van der Waals surface area contributed by atoms with E-state index in [0.29, 0.717) is 0 Å². The predicted octanol–water partition coefficient (Wildman–Crippen LogP) is -8.55. The third-order valence-corrected chi connectivity index (χ3v) is 11.7. The molecule has 23 nitrogen and oxygen atoms in total. The summed E-state index contributed by atoms with van der Waals surface area (Å²) in [6.45, 7) is 0. The number of nitrogens with zero attached hydrogens (tertiary/aromatic N) is 4. The second kappa shape index (κ2) is 24.0. The van der Waals surface area contributed by atoms with Crippen LogP contribution in [0.1, 0.15) is 22.3 Å². The largest absolute Gasteiger partial charge is 2.00 e. The maximum Gasteiger partial charge on any atom is 2.00 e. The number of benzene rings is 4. The van der Waals surface area contributed by atoms with Gasteiger partial charge in [-0.2, -0.15) is 51.3 Å². The fraction of sp³-hybridized carbons (Fsp3) is 0. The fourth-order valence-electron chi connectivity index (χ4n) is 4.30. The Kier molecular flexibility index (Phi) is 26.5. The molecule has 8 rings (SSSR count). The summed E-state index contributed by atoms with van der Waals surface area (Å²) in [6.07, 6.45) is 0. The Morgan fingerprint density at radius 3 is 0.579 bits per heavy atom. The third-order valence-electron chi connectivity index (χ3n) is 6.39. The smallest absolute Gasteiger partial charge is 0.858 e. The monoisotopic (exact) mass is 934 g/mol. The van der Waals surface area contributed by atoms with Crippen molar-refractivity contribution < 1.29 is 92.4 Å². The fourth-order valence-corrected chi connectivity index (χ4v) is 8.70. The van der Waals surface area contributed by atoms with E-state index in [1.807, 2.05) is 0 Å². The summed E-state index contributed by atoms with van der Waals surface area (Å²) in [4.78, 5) is 0.0370. The van der Waals surface area contributed by atoms with Crippen molar-refractivity contribution in [2.24, 2.45) is 17.6 Å². The van der Waals surface area contributed by atoms with E-state index >= 15 is 0 Å². The molecular formula is C28H30Ca2N4O19S4. The Labute approximate surface area is 383 Å². The van der Waals surface area contributed by atoms with Crippen LogP contribution in [0.15, 0.2) is 134 Å². The van der Waals surface area contributed by atoms with Crippen molar-refractivity contribution in [3.63, 3.8) is 0 Å². The minimum Gasteiger partial charge on any atom is -0.858 e. The van der Waals surface area contributed by atoms with E-state index in [2.05, 4.69) is 17.6 Å². The molecule has 0 amide bonds. The Balaban J connectivity index is -0.000000200. The molecular weight excluding hydrogens is 905 g/mol. The van der Waals surface area contributed by atoms with Gasteiger partial charge in [0.1, 0.15) is 0 Å². The van der Waals surface area contributed by atoms with Crippen molar-refractivity contribution in [3.8, 4) is 0 Å². The summed E-state index contributed by atoms with van der Waals surface area (Å²) in [5, 5.41) is 43.7. The maximum atomic E-state index is 11.1. The first kappa shape index (κ1) is 63.0. The molecule has 57 heavy (non-hydrogen) atoms. The summed E-state index contributed by atoms with van der Waals surface area (Å²) in [7, 11) is -14.7. The van der Waals surface area contributed by atoms with Crippen molar-refractivity contribution in [1.82, 2.24) is 0 Å². The van der Waals surface area contributed by atoms with Crippen LogP contribution in [0.3, 0.4) is 0 Å². The summed E-state index contributed by atoms with van der Waals surface area (Å²) in [5.41, 5.74) is 0.657. The molecule has 0 bridgehead atoms. The molecule has 4 aliphatic heterocycles. The third kappa shape index (κ3) is 13.4. The van der Waals surface area contributed by atoms with Gasteiger partial charge >= 0.3 is 75.5 Å². The molecule has 14 N–H and O–H groups in total. The number of rotatable bonds is 0. The Morgan fingerprint density at radius 2 is 0.439 bits per heavy atom. The number of fused-ring (bicyclic) bond motifs is 4. The van der Waals surface area contributed by atoms with E-state index in [-0.39, 0.29) is 156 Å². The van der Waals surface area contributed by atoms with Crippen molar-refractivity contribution >= 4 is 139 Å². The van der Waals surface area contributed by atoms with Gasteiger partial charge in [-0.1, -0.05) is 72.8 Å². The molecule has 0 saturated carbocycles. The molecule has 304 valence electrons. The Bertz CT molecular complexity index is 2230. The van der Waals surface area contributed by atoms with Crippen LogP contribution >= 0.6 is 0 Å². The van der Waals surface area contributed by atoms with Gasteiger partial charge in [0, 0.05) is 45.8 Å². The summed E-state index contributed by atoms with van der Waals surface area (Å²) in [5.74, 6) is -2.70. The number of hydrogen-bond acceptors (Lipinski definition) is 12. The van der Waals surface area contributed by atoms with Gasteiger partial charge in [0.2, 0.25) is 0 Å². The molecule has 29 heteroatoms. The van der Waals surface area contributed by atoms with Gasteiger partial charge < -0.3 is 58.8 Å². The molecule has 4 heterocycles. The van der Waals surface area contributed by atoms with Crippen LogP contribution in [-0.2, 0) is 40.1 Å². The van der Waals surface area contributed by atoms with Gasteiger partial charge in [-0.05, 0) is 24.3 Å². The van der Waals surface area contributed by atoms with Crippen molar-refractivity contribution in [1.29, 1.82) is 0 Å². The first-order valence-corrected chi connectivity index (χ1v) is 18.7. The van der Waals surface area contributed by atoms with Crippen LogP contribution in [-0.4, -0.2) is 171 Å². The zero-order chi connectivity index (χ0) is 35.1. The molecule has 4 aromatic rings. The zero-order valence-electron chi connectivity index (χ0n) is 28.5. The SMILES string of the molecule is O.O.O.O.O.O.O.O=S1(=O)N=C([O-])c2ccccc21.O=S1(=O)N=C([O-])c2ccccc21.O=S1(=O)N=C([O-])c2ccccc21.O=S1(=O)N=C([O-])c2ccccc21.[Ca+2].[Ca+2]. The van der Waals surface area contributed by atoms with Crippen molar-refractivity contribution in [3.05, 3.63) is 119 Å². The van der Waals surface area contributed by atoms with Crippen molar-refractivity contribution in [2.75, 3.05) is 0 Å². The Morgan fingerprint density at radius 1 is 0.298 bits per heavy atom. The average Bonchev–Trinajstić information content (AvgIpc) is 3.62. The van der Waals surface area contributed by atoms with Gasteiger partial charge in [0.05, 0.1) is 19.6 Å². The average molecular weight is 935 g/mol. The van der Waals surface area contributed by atoms with Gasteiger partial charge in [-0.25, -0.2) is 0 Å². The van der Waals surface area contributed by atoms with E-state index in [1.165, 1.54) is 48.5 Å². The second-order valence-electron chi connectivity index (χ2n) is 9.47. The van der Waals surface area contributed by atoms with E-state index in [1.54, 1.807) is 48.5 Å².